The minimum Gasteiger partial charge on any atom is -0.488 e. The molecule has 0 saturated heterocycles. The van der Waals surface area contributed by atoms with Crippen LogP contribution in [0.15, 0.2) is 106 Å². The molecular weight excluding hydrogens is 693 g/mol. The molecule has 0 atom stereocenters. The van der Waals surface area contributed by atoms with Crippen LogP contribution in [0.5, 0.6) is 5.75 Å². The van der Waals surface area contributed by atoms with Crippen molar-refractivity contribution < 1.29 is 22.3 Å². The molecule has 0 amide bonds. The zero-order chi connectivity index (χ0) is 31.9. The first-order valence-electron chi connectivity index (χ1n) is 14.2. The van der Waals surface area contributed by atoms with Crippen molar-refractivity contribution in [3.05, 3.63) is 118 Å². The van der Waals surface area contributed by atoms with Gasteiger partial charge in [-0.1, -0.05) is 30.3 Å². The van der Waals surface area contributed by atoms with Crippen molar-refractivity contribution in [2.24, 2.45) is 0 Å². The third kappa shape index (κ3) is 7.91. The van der Waals surface area contributed by atoms with Crippen molar-refractivity contribution in [3.8, 4) is 17.1 Å². The predicted octanol–water partition coefficient (Wildman–Crippen LogP) is 7.41. The van der Waals surface area contributed by atoms with Crippen LogP contribution in [-0.4, -0.2) is 47.3 Å². The summed E-state index contributed by atoms with van der Waals surface area (Å²) in [7, 11) is -3.38. The fraction of sp³-hybridized carbons (Fsp3) is 0.152. The van der Waals surface area contributed by atoms with E-state index in [1.54, 1.807) is 42.6 Å². The summed E-state index contributed by atoms with van der Waals surface area (Å²) in [6.45, 7) is 0.702. The molecule has 46 heavy (non-hydrogen) atoms. The molecule has 6 aromatic rings. The number of pyridine rings is 1. The lowest BCUT2D eigenvalue weighted by molar-refractivity contribution is 0.152. The van der Waals surface area contributed by atoms with Gasteiger partial charge in [-0.25, -0.2) is 27.8 Å². The molecule has 0 radical (unpaired) electrons. The molecule has 1 N–H and O–H groups in total. The summed E-state index contributed by atoms with van der Waals surface area (Å²) in [5.41, 5.74) is 3.56. The lowest BCUT2D eigenvalue weighted by atomic mass is 10.2. The molecule has 0 aliphatic carbocycles. The highest BCUT2D eigenvalue weighted by molar-refractivity contribution is 9.10. The summed E-state index contributed by atoms with van der Waals surface area (Å²) >= 11 is 5.05. The Morgan fingerprint density at radius 3 is 2.61 bits per heavy atom. The first-order chi connectivity index (χ1) is 22.3. The molecule has 3 aromatic heterocycles. The van der Waals surface area contributed by atoms with Crippen molar-refractivity contribution in [1.82, 2.24) is 19.9 Å². The van der Waals surface area contributed by atoms with Gasteiger partial charge in [-0.2, -0.15) is 0 Å². The van der Waals surface area contributed by atoms with Crippen LogP contribution in [0, 0.1) is 5.82 Å². The van der Waals surface area contributed by atoms with Gasteiger partial charge in [0.05, 0.1) is 56.4 Å². The molecule has 6 rings (SSSR count). The fourth-order valence-corrected chi connectivity index (χ4v) is 6.95. The smallest absolute Gasteiger partial charge is 0.180 e. The molecule has 0 bridgehead atoms. The van der Waals surface area contributed by atoms with E-state index in [1.807, 2.05) is 35.7 Å². The zero-order valence-corrected chi connectivity index (χ0v) is 27.5. The summed E-state index contributed by atoms with van der Waals surface area (Å²) in [6.07, 6.45) is 3.71. The quantitative estimate of drug-likeness (QED) is 0.122. The number of halogens is 2. The second kappa shape index (κ2) is 14.4. The van der Waals surface area contributed by atoms with Crippen LogP contribution in [0.3, 0.4) is 0 Å². The molecule has 0 spiro atoms. The maximum absolute atomic E-state index is 13.5. The highest BCUT2D eigenvalue weighted by Gasteiger charge is 2.14. The Labute approximate surface area is 277 Å². The summed E-state index contributed by atoms with van der Waals surface area (Å²) in [5, 5.41) is 6.91. The van der Waals surface area contributed by atoms with E-state index in [0.29, 0.717) is 46.4 Å². The van der Waals surface area contributed by atoms with Crippen molar-refractivity contribution in [1.29, 1.82) is 0 Å². The Morgan fingerprint density at radius 1 is 0.913 bits per heavy atom. The normalized spacial score (nSPS) is 11.5. The fourth-order valence-electron chi connectivity index (χ4n) is 4.54. The molecule has 0 fully saturated rings. The van der Waals surface area contributed by atoms with Crippen molar-refractivity contribution in [2.45, 2.75) is 17.9 Å². The van der Waals surface area contributed by atoms with E-state index in [2.05, 4.69) is 36.2 Å². The number of aromatic nitrogens is 4. The lowest BCUT2D eigenvalue weighted by Gasteiger charge is -2.12. The maximum Gasteiger partial charge on any atom is 0.180 e. The summed E-state index contributed by atoms with van der Waals surface area (Å²) in [4.78, 5) is 18.4. The number of thiazole rings is 1. The largest absolute Gasteiger partial charge is 0.488 e. The molecule has 0 aliphatic heterocycles. The van der Waals surface area contributed by atoms with E-state index < -0.39 is 9.84 Å². The lowest BCUT2D eigenvalue weighted by Crippen LogP contribution is -2.13. The number of rotatable bonds is 13. The van der Waals surface area contributed by atoms with Crippen molar-refractivity contribution in [3.63, 3.8) is 0 Å². The van der Waals surface area contributed by atoms with Gasteiger partial charge < -0.3 is 14.8 Å². The number of benzene rings is 3. The van der Waals surface area contributed by atoms with E-state index in [-0.39, 0.29) is 24.8 Å². The monoisotopic (exact) mass is 719 g/mol. The molecular formula is C33H27BrFN5O4S2. The van der Waals surface area contributed by atoms with Gasteiger partial charge in [-0.15, -0.1) is 11.3 Å². The minimum absolute atomic E-state index is 0.0783. The second-order valence-electron chi connectivity index (χ2n) is 10.1. The van der Waals surface area contributed by atoms with E-state index in [4.69, 9.17) is 14.5 Å². The number of hydrogen-bond acceptors (Lipinski definition) is 10. The van der Waals surface area contributed by atoms with Gasteiger partial charge in [0, 0.05) is 22.9 Å². The van der Waals surface area contributed by atoms with Crippen LogP contribution in [0.2, 0.25) is 0 Å². The van der Waals surface area contributed by atoms with Gasteiger partial charge >= 0.3 is 0 Å². The van der Waals surface area contributed by atoms with Crippen LogP contribution in [0.4, 0.5) is 15.9 Å². The molecule has 0 saturated carbocycles. The standard InChI is InChI=1S/C33H27BrFN5O4S2/c34-27-16-24(9-10-31(27)44-19-22-5-4-6-23(35)15-22)39-33-26-17-28(36-18-29(26)37-21-38-33)30-20-45-32(40-30)11-12-43-13-14-46(41,42)25-7-2-1-3-8-25/h1-10,15-18,20-21H,11-14,19H2,(H,37,38,39). The number of nitrogens with one attached hydrogen (secondary N) is 1. The first kappa shape index (κ1) is 31.7. The molecule has 9 nitrogen and oxygen atoms in total. The molecule has 3 aromatic carbocycles. The first-order valence-corrected chi connectivity index (χ1v) is 17.5. The number of fused-ring (bicyclic) bond motifs is 1. The second-order valence-corrected chi connectivity index (χ2v) is 14.0. The maximum atomic E-state index is 13.5. The predicted molar refractivity (Wildman–Crippen MR) is 180 cm³/mol. The van der Waals surface area contributed by atoms with Crippen LogP contribution >= 0.6 is 27.3 Å². The van der Waals surface area contributed by atoms with E-state index in [1.165, 1.54) is 29.8 Å². The highest BCUT2D eigenvalue weighted by Crippen LogP contribution is 2.32. The zero-order valence-electron chi connectivity index (χ0n) is 24.3. The molecule has 13 heteroatoms. The average molecular weight is 721 g/mol. The highest BCUT2D eigenvalue weighted by atomic mass is 79.9. The summed E-state index contributed by atoms with van der Waals surface area (Å²) < 4.78 is 50.6. The van der Waals surface area contributed by atoms with Crippen LogP contribution < -0.4 is 10.1 Å². The Morgan fingerprint density at radius 2 is 1.78 bits per heavy atom. The third-order valence-electron chi connectivity index (χ3n) is 6.87. The Hall–Kier alpha value is -4.30. The average Bonchev–Trinajstić information content (AvgIpc) is 3.54. The van der Waals surface area contributed by atoms with E-state index in [0.717, 1.165) is 26.1 Å². The number of ether oxygens (including phenoxy) is 2. The van der Waals surface area contributed by atoms with Gasteiger partial charge in [-0.3, -0.25) is 4.98 Å². The molecule has 0 unspecified atom stereocenters. The Kier molecular flexibility index (Phi) is 9.93. The SMILES string of the molecule is O=S(=O)(CCOCCc1nc(-c2cc3c(Nc4ccc(OCc5cccc(F)c5)c(Br)c4)ncnc3cn2)cs1)c1ccccc1. The van der Waals surface area contributed by atoms with Gasteiger partial charge in [0.1, 0.15) is 30.3 Å². The number of nitrogens with zero attached hydrogens (tertiary/aromatic N) is 4. The molecule has 3 heterocycles. The van der Waals surface area contributed by atoms with E-state index in [9.17, 15) is 12.8 Å². The molecule has 0 aliphatic rings. The van der Waals surface area contributed by atoms with Gasteiger partial charge in [-0.05, 0) is 70.0 Å². The number of hydrogen-bond donors (Lipinski definition) is 1. The summed E-state index contributed by atoms with van der Waals surface area (Å²) in [5.74, 6) is 0.839. The Balaban J connectivity index is 1.08. The van der Waals surface area contributed by atoms with Crippen molar-refractivity contribution >= 4 is 59.5 Å². The van der Waals surface area contributed by atoms with Gasteiger partial charge in [0.15, 0.2) is 9.84 Å². The van der Waals surface area contributed by atoms with Gasteiger partial charge in [0.25, 0.3) is 0 Å². The molecule has 234 valence electrons. The van der Waals surface area contributed by atoms with Crippen LogP contribution in [-0.2, 0) is 27.6 Å². The van der Waals surface area contributed by atoms with Crippen molar-refractivity contribution in [2.75, 3.05) is 24.3 Å². The summed E-state index contributed by atoms with van der Waals surface area (Å²) in [6, 6.07) is 22.1. The minimum atomic E-state index is -3.38. The Bertz CT molecular complexity index is 2080. The van der Waals surface area contributed by atoms with Gasteiger partial charge in [0.2, 0.25) is 0 Å². The third-order valence-corrected chi connectivity index (χ3v) is 10.1. The number of anilines is 2. The van der Waals surface area contributed by atoms with Crippen LogP contribution in [0.1, 0.15) is 10.6 Å². The van der Waals surface area contributed by atoms with Crippen LogP contribution in [0.25, 0.3) is 22.3 Å². The van der Waals surface area contributed by atoms with E-state index >= 15 is 0 Å². The number of sulfone groups is 1. The topological polar surface area (TPSA) is 116 Å².